The first-order chi connectivity index (χ1) is 7.95. The molecule has 6 heteroatoms. The molecule has 0 saturated heterocycles. The number of nitrogens with one attached hydrogen (secondary N) is 1. The molecular weight excluding hydrogens is 296 g/mol. The van der Waals surface area contributed by atoms with Gasteiger partial charge >= 0.3 is 5.97 Å². The maximum atomic E-state index is 13.4. The first-order valence-corrected chi connectivity index (χ1v) is 5.89. The normalized spacial score (nSPS) is 12.2. The number of benzene rings is 1. The standard InChI is InChI=1S/C11H12BrF2NO2/c1-2-3-9(11(16)17)15-10-7(12)4-6(13)5-8(10)14/h4-5,9,15H,2-3H2,1H3,(H,16,17). The van der Waals surface area contributed by atoms with E-state index in [1.807, 2.05) is 6.92 Å². The second-order valence-corrected chi connectivity index (χ2v) is 4.42. The molecule has 0 heterocycles. The molecule has 0 aliphatic heterocycles. The van der Waals surface area contributed by atoms with Crippen LogP contribution in [0.25, 0.3) is 0 Å². The Labute approximate surface area is 106 Å². The van der Waals surface area contributed by atoms with Crippen molar-refractivity contribution in [1.82, 2.24) is 0 Å². The number of anilines is 1. The third kappa shape index (κ3) is 3.66. The zero-order valence-corrected chi connectivity index (χ0v) is 10.7. The molecule has 1 aromatic rings. The van der Waals surface area contributed by atoms with Gasteiger partial charge in [0.05, 0.1) is 5.69 Å². The number of halogens is 3. The van der Waals surface area contributed by atoms with E-state index in [1.54, 1.807) is 0 Å². The third-order valence-electron chi connectivity index (χ3n) is 2.20. The van der Waals surface area contributed by atoms with E-state index in [0.717, 1.165) is 6.07 Å². The number of carboxylic acids is 1. The summed E-state index contributed by atoms with van der Waals surface area (Å²) in [5.41, 5.74) is -0.0350. The van der Waals surface area contributed by atoms with Gasteiger partial charge in [-0.15, -0.1) is 0 Å². The SMILES string of the molecule is CCCC(Nc1c(F)cc(F)cc1Br)C(=O)O. The maximum Gasteiger partial charge on any atom is 0.326 e. The lowest BCUT2D eigenvalue weighted by Gasteiger charge is -2.16. The molecule has 0 radical (unpaired) electrons. The van der Waals surface area contributed by atoms with Crippen LogP contribution in [-0.2, 0) is 4.79 Å². The van der Waals surface area contributed by atoms with Crippen LogP contribution >= 0.6 is 15.9 Å². The zero-order valence-electron chi connectivity index (χ0n) is 9.14. The van der Waals surface area contributed by atoms with Crippen LogP contribution in [0.2, 0.25) is 0 Å². The maximum absolute atomic E-state index is 13.4. The predicted octanol–water partition coefficient (Wildman–Crippen LogP) is 3.39. The number of rotatable bonds is 5. The molecule has 0 amide bonds. The summed E-state index contributed by atoms with van der Waals surface area (Å²) in [6.45, 7) is 1.83. The van der Waals surface area contributed by atoms with Gasteiger partial charge < -0.3 is 10.4 Å². The Morgan fingerprint density at radius 3 is 2.65 bits per heavy atom. The van der Waals surface area contributed by atoms with Crippen LogP contribution in [0.3, 0.4) is 0 Å². The van der Waals surface area contributed by atoms with E-state index in [4.69, 9.17) is 5.11 Å². The summed E-state index contributed by atoms with van der Waals surface area (Å²) < 4.78 is 26.5. The minimum atomic E-state index is -1.07. The Morgan fingerprint density at radius 2 is 2.18 bits per heavy atom. The van der Waals surface area contributed by atoms with Crippen molar-refractivity contribution < 1.29 is 18.7 Å². The fourth-order valence-corrected chi connectivity index (χ4v) is 1.92. The number of carboxylic acid groups (broad SMARTS) is 1. The predicted molar refractivity (Wildman–Crippen MR) is 64.0 cm³/mol. The van der Waals surface area contributed by atoms with Gasteiger partial charge in [0.2, 0.25) is 0 Å². The lowest BCUT2D eigenvalue weighted by molar-refractivity contribution is -0.138. The smallest absolute Gasteiger partial charge is 0.326 e. The van der Waals surface area contributed by atoms with Crippen molar-refractivity contribution in [3.63, 3.8) is 0 Å². The Bertz CT molecular complexity index is 403. The summed E-state index contributed by atoms with van der Waals surface area (Å²) in [6, 6.07) is 0.894. The van der Waals surface area contributed by atoms with Crippen LogP contribution in [0.5, 0.6) is 0 Å². The van der Waals surface area contributed by atoms with Gasteiger partial charge in [-0.1, -0.05) is 13.3 Å². The van der Waals surface area contributed by atoms with Gasteiger partial charge in [-0.2, -0.15) is 0 Å². The van der Waals surface area contributed by atoms with Crippen LogP contribution < -0.4 is 5.32 Å². The van der Waals surface area contributed by atoms with Crippen LogP contribution in [0.15, 0.2) is 16.6 Å². The monoisotopic (exact) mass is 307 g/mol. The van der Waals surface area contributed by atoms with Gasteiger partial charge in [0, 0.05) is 10.5 Å². The first-order valence-electron chi connectivity index (χ1n) is 5.09. The molecular formula is C11H12BrF2NO2. The Balaban J connectivity index is 2.97. The molecule has 0 bridgehead atoms. The Morgan fingerprint density at radius 1 is 1.53 bits per heavy atom. The third-order valence-corrected chi connectivity index (χ3v) is 2.83. The summed E-state index contributed by atoms with van der Waals surface area (Å²) in [4.78, 5) is 10.9. The van der Waals surface area contributed by atoms with Gasteiger partial charge in [0.15, 0.2) is 0 Å². The summed E-state index contributed by atoms with van der Waals surface area (Å²) in [5.74, 6) is -2.61. The highest BCUT2D eigenvalue weighted by Crippen LogP contribution is 2.28. The van der Waals surface area contributed by atoms with Crippen molar-refractivity contribution in [2.75, 3.05) is 5.32 Å². The topological polar surface area (TPSA) is 49.3 Å². The summed E-state index contributed by atoms with van der Waals surface area (Å²) >= 11 is 2.99. The van der Waals surface area contributed by atoms with Crippen LogP contribution in [0, 0.1) is 11.6 Å². The van der Waals surface area contributed by atoms with E-state index >= 15 is 0 Å². The molecule has 94 valence electrons. The quantitative estimate of drug-likeness (QED) is 0.876. The molecule has 1 unspecified atom stereocenters. The Kier molecular flexibility index (Phi) is 4.86. The number of hydrogen-bond acceptors (Lipinski definition) is 2. The average molecular weight is 308 g/mol. The van der Waals surface area contributed by atoms with Crippen LogP contribution in [0.4, 0.5) is 14.5 Å². The van der Waals surface area contributed by atoms with Crippen molar-refractivity contribution in [2.24, 2.45) is 0 Å². The second-order valence-electron chi connectivity index (χ2n) is 3.57. The minimum absolute atomic E-state index is 0.0350. The number of carbonyl (C=O) groups is 1. The number of aliphatic carboxylic acids is 1. The molecule has 17 heavy (non-hydrogen) atoms. The van der Waals surface area contributed by atoms with Gasteiger partial charge in [-0.25, -0.2) is 13.6 Å². The van der Waals surface area contributed by atoms with E-state index in [0.29, 0.717) is 18.9 Å². The van der Waals surface area contributed by atoms with Crippen molar-refractivity contribution in [2.45, 2.75) is 25.8 Å². The van der Waals surface area contributed by atoms with E-state index in [9.17, 15) is 13.6 Å². The fourth-order valence-electron chi connectivity index (χ4n) is 1.40. The molecule has 1 aromatic carbocycles. The Hall–Kier alpha value is -1.17. The van der Waals surface area contributed by atoms with Crippen molar-refractivity contribution >= 4 is 27.6 Å². The van der Waals surface area contributed by atoms with Gasteiger partial charge in [-0.3, -0.25) is 0 Å². The fraction of sp³-hybridized carbons (Fsp3) is 0.364. The van der Waals surface area contributed by atoms with Crippen molar-refractivity contribution in [3.8, 4) is 0 Å². The van der Waals surface area contributed by atoms with Gasteiger partial charge in [0.25, 0.3) is 0 Å². The van der Waals surface area contributed by atoms with Crippen LogP contribution in [-0.4, -0.2) is 17.1 Å². The molecule has 0 fully saturated rings. The second kappa shape index (κ2) is 5.95. The average Bonchev–Trinajstić information content (AvgIpc) is 2.21. The minimum Gasteiger partial charge on any atom is -0.480 e. The molecule has 3 nitrogen and oxygen atoms in total. The van der Waals surface area contributed by atoms with E-state index in [1.165, 1.54) is 0 Å². The molecule has 0 spiro atoms. The highest BCUT2D eigenvalue weighted by Gasteiger charge is 2.19. The molecule has 2 N–H and O–H groups in total. The van der Waals surface area contributed by atoms with Crippen molar-refractivity contribution in [1.29, 1.82) is 0 Å². The zero-order chi connectivity index (χ0) is 13.0. The first kappa shape index (κ1) is 13.9. The molecule has 0 aliphatic carbocycles. The van der Waals surface area contributed by atoms with E-state index in [-0.39, 0.29) is 10.2 Å². The highest BCUT2D eigenvalue weighted by molar-refractivity contribution is 9.10. The molecule has 0 saturated carbocycles. The lowest BCUT2D eigenvalue weighted by atomic mass is 10.1. The molecule has 1 atom stereocenters. The van der Waals surface area contributed by atoms with Gasteiger partial charge in [-0.05, 0) is 28.4 Å². The summed E-state index contributed by atoms with van der Waals surface area (Å²) in [7, 11) is 0. The number of hydrogen-bond donors (Lipinski definition) is 2. The molecule has 1 rings (SSSR count). The lowest BCUT2D eigenvalue weighted by Crippen LogP contribution is -2.29. The van der Waals surface area contributed by atoms with Gasteiger partial charge in [0.1, 0.15) is 17.7 Å². The summed E-state index contributed by atoms with van der Waals surface area (Å²) in [6.07, 6.45) is 1.00. The highest BCUT2D eigenvalue weighted by atomic mass is 79.9. The summed E-state index contributed by atoms with van der Waals surface area (Å²) in [5, 5.41) is 11.5. The molecule has 0 aliphatic rings. The van der Waals surface area contributed by atoms with E-state index in [2.05, 4.69) is 21.2 Å². The van der Waals surface area contributed by atoms with E-state index < -0.39 is 23.6 Å². The largest absolute Gasteiger partial charge is 0.480 e. The molecule has 0 aromatic heterocycles. The van der Waals surface area contributed by atoms with Crippen LogP contribution in [0.1, 0.15) is 19.8 Å². The van der Waals surface area contributed by atoms with Crippen molar-refractivity contribution in [3.05, 3.63) is 28.2 Å².